The molecule has 0 N–H and O–H groups in total. The van der Waals surface area contributed by atoms with Gasteiger partial charge in [-0.25, -0.2) is 0 Å². The quantitative estimate of drug-likeness (QED) is 0.748. The van der Waals surface area contributed by atoms with Gasteiger partial charge < -0.3 is 14.4 Å². The Labute approximate surface area is 159 Å². The summed E-state index contributed by atoms with van der Waals surface area (Å²) in [5.74, 6) is 0.0478. The molecule has 2 aromatic heterocycles. The summed E-state index contributed by atoms with van der Waals surface area (Å²) in [6.45, 7) is 2.33. The van der Waals surface area contributed by atoms with Gasteiger partial charge in [0.1, 0.15) is 6.61 Å². The number of pyridine rings is 1. The Morgan fingerprint density at radius 1 is 1.22 bits per heavy atom. The van der Waals surface area contributed by atoms with Crippen molar-refractivity contribution in [1.82, 2.24) is 19.7 Å². The number of hydrogen-bond donors (Lipinski definition) is 0. The first kappa shape index (κ1) is 18.1. The number of fused-ring (bicyclic) bond motifs is 1. The molecule has 1 fully saturated rings. The number of aromatic nitrogens is 3. The zero-order valence-electron chi connectivity index (χ0n) is 15.5. The lowest BCUT2D eigenvalue weighted by molar-refractivity contribution is -0.140. The van der Waals surface area contributed by atoms with E-state index in [1.807, 2.05) is 27.8 Å². The summed E-state index contributed by atoms with van der Waals surface area (Å²) in [5.41, 5.74) is 2.07. The molecule has 1 atom stereocenters. The lowest BCUT2D eigenvalue weighted by Crippen LogP contribution is -2.44. The van der Waals surface area contributed by atoms with Crippen molar-refractivity contribution in [1.29, 1.82) is 0 Å². The maximum atomic E-state index is 12.6. The first-order chi connectivity index (χ1) is 13.3. The van der Waals surface area contributed by atoms with E-state index >= 15 is 0 Å². The third kappa shape index (κ3) is 4.54. The zero-order chi connectivity index (χ0) is 18.5. The summed E-state index contributed by atoms with van der Waals surface area (Å²) < 4.78 is 13.7. The molecule has 144 valence electrons. The van der Waals surface area contributed by atoms with Gasteiger partial charge in [-0.3, -0.25) is 14.5 Å². The molecular formula is C20H26N4O3. The molecule has 0 aromatic carbocycles. The third-order valence-corrected chi connectivity index (χ3v) is 5.28. The Morgan fingerprint density at radius 2 is 2.11 bits per heavy atom. The molecule has 0 saturated heterocycles. The highest BCUT2D eigenvalue weighted by Gasteiger charge is 2.29. The Balaban J connectivity index is 1.33. The van der Waals surface area contributed by atoms with Gasteiger partial charge in [0, 0.05) is 25.1 Å². The van der Waals surface area contributed by atoms with Crippen molar-refractivity contribution in [2.75, 3.05) is 19.8 Å². The molecule has 4 rings (SSSR count). The number of amides is 1. The minimum absolute atomic E-state index is 0.0100. The largest absolute Gasteiger partial charge is 0.374 e. The Kier molecular flexibility index (Phi) is 5.79. The Hall–Kier alpha value is -2.25. The average molecular weight is 370 g/mol. The SMILES string of the molecule is O=C(COC1CCCC1)N1Cc2ccnn2C(COCc2cccnc2)C1. The molecule has 1 unspecified atom stereocenters. The predicted octanol–water partition coefficient (Wildman–Crippen LogP) is 2.34. The van der Waals surface area contributed by atoms with E-state index in [1.54, 1.807) is 18.6 Å². The maximum Gasteiger partial charge on any atom is 0.249 e. The lowest BCUT2D eigenvalue weighted by atomic mass is 10.2. The van der Waals surface area contributed by atoms with Crippen molar-refractivity contribution < 1.29 is 14.3 Å². The fraction of sp³-hybridized carbons (Fsp3) is 0.550. The summed E-state index contributed by atoms with van der Waals surface area (Å²) in [5, 5.41) is 4.42. The molecule has 0 radical (unpaired) electrons. The van der Waals surface area contributed by atoms with Crippen LogP contribution in [0.5, 0.6) is 0 Å². The van der Waals surface area contributed by atoms with Gasteiger partial charge in [-0.05, 0) is 30.5 Å². The van der Waals surface area contributed by atoms with Gasteiger partial charge >= 0.3 is 0 Å². The van der Waals surface area contributed by atoms with Crippen LogP contribution in [0.25, 0.3) is 0 Å². The first-order valence-electron chi connectivity index (χ1n) is 9.68. The van der Waals surface area contributed by atoms with Crippen LogP contribution in [-0.2, 0) is 27.4 Å². The van der Waals surface area contributed by atoms with Crippen LogP contribution < -0.4 is 0 Å². The first-order valence-corrected chi connectivity index (χ1v) is 9.68. The van der Waals surface area contributed by atoms with E-state index < -0.39 is 0 Å². The van der Waals surface area contributed by atoms with Crippen LogP contribution in [0.1, 0.15) is 43.0 Å². The number of rotatable bonds is 7. The van der Waals surface area contributed by atoms with Crippen LogP contribution in [0.15, 0.2) is 36.8 Å². The molecule has 1 amide bonds. The van der Waals surface area contributed by atoms with Crippen LogP contribution >= 0.6 is 0 Å². The van der Waals surface area contributed by atoms with Crippen molar-refractivity contribution in [3.63, 3.8) is 0 Å². The summed E-state index contributed by atoms with van der Waals surface area (Å²) in [7, 11) is 0. The molecule has 2 aromatic rings. The minimum atomic E-state index is 0.0100. The summed E-state index contributed by atoms with van der Waals surface area (Å²) in [4.78, 5) is 18.6. The smallest absolute Gasteiger partial charge is 0.249 e. The molecule has 2 aliphatic rings. The summed E-state index contributed by atoms with van der Waals surface area (Å²) in [6.07, 6.45) is 10.1. The molecule has 27 heavy (non-hydrogen) atoms. The predicted molar refractivity (Wildman–Crippen MR) is 98.8 cm³/mol. The van der Waals surface area contributed by atoms with E-state index in [-0.39, 0.29) is 24.7 Å². The van der Waals surface area contributed by atoms with E-state index in [0.717, 1.165) is 24.1 Å². The fourth-order valence-corrected chi connectivity index (χ4v) is 3.83. The molecule has 7 heteroatoms. The normalized spacial score (nSPS) is 20.0. The molecule has 1 aliphatic heterocycles. The van der Waals surface area contributed by atoms with Crippen molar-refractivity contribution in [3.8, 4) is 0 Å². The lowest BCUT2D eigenvalue weighted by Gasteiger charge is -2.34. The van der Waals surface area contributed by atoms with Gasteiger partial charge in [-0.2, -0.15) is 5.10 Å². The monoisotopic (exact) mass is 370 g/mol. The molecule has 3 heterocycles. The molecule has 0 bridgehead atoms. The molecular weight excluding hydrogens is 344 g/mol. The van der Waals surface area contributed by atoms with Crippen molar-refractivity contribution in [3.05, 3.63) is 48.0 Å². The fourth-order valence-electron chi connectivity index (χ4n) is 3.83. The number of carbonyl (C=O) groups excluding carboxylic acids is 1. The standard InChI is InChI=1S/C20H26N4O3/c25-20(15-27-19-5-1-2-6-19)23-11-17-7-9-22-24(17)18(12-23)14-26-13-16-4-3-8-21-10-16/h3-4,7-10,18-19H,1-2,5-6,11-15H2. The van der Waals surface area contributed by atoms with E-state index in [4.69, 9.17) is 9.47 Å². The van der Waals surface area contributed by atoms with Crippen LogP contribution in [0.3, 0.4) is 0 Å². The van der Waals surface area contributed by atoms with Gasteiger partial charge in [0.05, 0.1) is 37.6 Å². The van der Waals surface area contributed by atoms with E-state index in [1.165, 1.54) is 12.8 Å². The molecule has 1 aliphatic carbocycles. The van der Waals surface area contributed by atoms with Crippen LogP contribution in [0.2, 0.25) is 0 Å². The van der Waals surface area contributed by atoms with Crippen LogP contribution in [0.4, 0.5) is 0 Å². The third-order valence-electron chi connectivity index (χ3n) is 5.28. The Bertz CT molecular complexity index is 743. The summed E-state index contributed by atoms with van der Waals surface area (Å²) >= 11 is 0. The highest BCUT2D eigenvalue weighted by Crippen LogP contribution is 2.23. The highest BCUT2D eigenvalue weighted by molar-refractivity contribution is 5.77. The maximum absolute atomic E-state index is 12.6. The minimum Gasteiger partial charge on any atom is -0.374 e. The molecule has 0 spiro atoms. The van der Waals surface area contributed by atoms with Crippen LogP contribution in [-0.4, -0.2) is 51.4 Å². The number of hydrogen-bond acceptors (Lipinski definition) is 5. The van der Waals surface area contributed by atoms with E-state index in [9.17, 15) is 4.79 Å². The molecule has 1 saturated carbocycles. The second kappa shape index (κ2) is 8.63. The van der Waals surface area contributed by atoms with Crippen LogP contribution in [0, 0.1) is 0 Å². The number of carbonyl (C=O) groups is 1. The second-order valence-electron chi connectivity index (χ2n) is 7.29. The topological polar surface area (TPSA) is 69.5 Å². The van der Waals surface area contributed by atoms with E-state index in [2.05, 4.69) is 10.1 Å². The van der Waals surface area contributed by atoms with Gasteiger partial charge in [0.25, 0.3) is 0 Å². The number of ether oxygens (including phenoxy) is 2. The van der Waals surface area contributed by atoms with Gasteiger partial charge in [-0.1, -0.05) is 18.9 Å². The highest BCUT2D eigenvalue weighted by atomic mass is 16.5. The average Bonchev–Trinajstić information content (AvgIpc) is 3.38. The summed E-state index contributed by atoms with van der Waals surface area (Å²) in [6, 6.07) is 5.86. The van der Waals surface area contributed by atoms with Gasteiger partial charge in [-0.15, -0.1) is 0 Å². The molecule has 7 nitrogen and oxygen atoms in total. The van der Waals surface area contributed by atoms with Crippen molar-refractivity contribution in [2.45, 2.75) is 51.0 Å². The zero-order valence-corrected chi connectivity index (χ0v) is 15.5. The Morgan fingerprint density at radius 3 is 2.93 bits per heavy atom. The van der Waals surface area contributed by atoms with Gasteiger partial charge in [0.15, 0.2) is 0 Å². The van der Waals surface area contributed by atoms with Crippen molar-refractivity contribution in [2.24, 2.45) is 0 Å². The second-order valence-corrected chi connectivity index (χ2v) is 7.29. The number of nitrogens with zero attached hydrogens (tertiary/aromatic N) is 4. The van der Waals surface area contributed by atoms with Gasteiger partial charge in [0.2, 0.25) is 5.91 Å². The van der Waals surface area contributed by atoms with Crippen molar-refractivity contribution >= 4 is 5.91 Å². The van der Waals surface area contributed by atoms with E-state index in [0.29, 0.717) is 26.3 Å².